The van der Waals surface area contributed by atoms with Gasteiger partial charge in [-0.3, -0.25) is 4.79 Å². The van der Waals surface area contributed by atoms with E-state index in [9.17, 15) is 4.79 Å². The number of carbonyl (C=O) groups excluding carboxylic acids is 1. The zero-order chi connectivity index (χ0) is 20.9. The molecule has 1 heterocycles. The van der Waals surface area contributed by atoms with Crippen LogP contribution in [-0.2, 0) is 6.54 Å². The predicted molar refractivity (Wildman–Crippen MR) is 126 cm³/mol. The number of benzene rings is 3. The number of aryl methyl sites for hydroxylation is 2. The van der Waals surface area contributed by atoms with Gasteiger partial charge >= 0.3 is 0 Å². The maximum Gasteiger partial charge on any atom is 0.272 e. The molecule has 0 aliphatic carbocycles. The van der Waals surface area contributed by atoms with Crippen molar-refractivity contribution < 1.29 is 4.79 Å². The predicted octanol–water partition coefficient (Wildman–Crippen LogP) is 6.75. The molecule has 0 aliphatic rings. The van der Waals surface area contributed by atoms with Crippen molar-refractivity contribution in [2.24, 2.45) is 0 Å². The van der Waals surface area contributed by atoms with Crippen LogP contribution in [0.25, 0.3) is 10.9 Å². The molecule has 0 bridgehead atoms. The monoisotopic (exact) mass is 397 g/mol. The van der Waals surface area contributed by atoms with Crippen LogP contribution in [0.5, 0.6) is 0 Å². The van der Waals surface area contributed by atoms with Crippen molar-refractivity contribution in [1.82, 2.24) is 4.57 Å². The number of amides is 1. The Hall–Kier alpha value is -3.53. The number of nitrogens with zero attached hydrogens (tertiary/aromatic N) is 1. The highest BCUT2D eigenvalue weighted by atomic mass is 16.2. The molecule has 2 N–H and O–H groups in total. The fourth-order valence-corrected chi connectivity index (χ4v) is 3.83. The molecule has 0 fully saturated rings. The van der Waals surface area contributed by atoms with E-state index in [1.165, 1.54) is 0 Å². The second-order valence-electron chi connectivity index (χ2n) is 7.52. The van der Waals surface area contributed by atoms with Crippen LogP contribution in [-0.4, -0.2) is 10.5 Å². The number of hydrogen-bond donors (Lipinski definition) is 2. The first kappa shape index (κ1) is 19.8. The molecule has 0 unspecified atom stereocenters. The van der Waals surface area contributed by atoms with Crippen LogP contribution < -0.4 is 10.6 Å². The van der Waals surface area contributed by atoms with Crippen LogP contribution >= 0.6 is 0 Å². The second kappa shape index (κ2) is 8.87. The number of anilines is 3. The minimum atomic E-state index is -0.0661. The number of fused-ring (bicyclic) bond motifs is 1. The van der Waals surface area contributed by atoms with E-state index in [2.05, 4.69) is 34.3 Å². The molecule has 0 saturated carbocycles. The number of rotatable bonds is 7. The van der Waals surface area contributed by atoms with Gasteiger partial charge in [0.15, 0.2) is 0 Å². The van der Waals surface area contributed by atoms with E-state index in [1.54, 1.807) is 0 Å². The van der Waals surface area contributed by atoms with Gasteiger partial charge in [-0.05, 0) is 61.4 Å². The van der Waals surface area contributed by atoms with Crippen LogP contribution in [0.1, 0.15) is 35.8 Å². The van der Waals surface area contributed by atoms with Gasteiger partial charge in [0, 0.05) is 34.5 Å². The fraction of sp³-hybridized carbons (Fsp3) is 0.192. The van der Waals surface area contributed by atoms with Gasteiger partial charge < -0.3 is 15.2 Å². The molecular weight excluding hydrogens is 370 g/mol. The maximum atomic E-state index is 13.2. The Balaban J connectivity index is 1.56. The van der Waals surface area contributed by atoms with Gasteiger partial charge in [-0.15, -0.1) is 0 Å². The highest BCUT2D eigenvalue weighted by Crippen LogP contribution is 2.27. The summed E-state index contributed by atoms with van der Waals surface area (Å²) in [5, 5.41) is 7.58. The molecule has 0 aliphatic heterocycles. The quantitative estimate of drug-likeness (QED) is 0.362. The third kappa shape index (κ3) is 4.08. The van der Waals surface area contributed by atoms with E-state index in [0.29, 0.717) is 0 Å². The average Bonchev–Trinajstić information content (AvgIpc) is 3.06. The number of aromatic nitrogens is 1. The van der Waals surface area contributed by atoms with Crippen LogP contribution in [0.15, 0.2) is 78.9 Å². The lowest BCUT2D eigenvalue weighted by Gasteiger charge is -2.12. The van der Waals surface area contributed by atoms with E-state index in [4.69, 9.17) is 0 Å². The number of hydrogen-bond acceptors (Lipinski definition) is 2. The second-order valence-corrected chi connectivity index (χ2v) is 7.52. The van der Waals surface area contributed by atoms with Crippen molar-refractivity contribution in [3.8, 4) is 0 Å². The Labute approximate surface area is 177 Å². The number of carbonyl (C=O) groups is 1. The molecule has 4 heteroatoms. The number of para-hydroxylation sites is 2. The van der Waals surface area contributed by atoms with Gasteiger partial charge in [-0.2, -0.15) is 0 Å². The minimum absolute atomic E-state index is 0.0661. The summed E-state index contributed by atoms with van der Waals surface area (Å²) in [5.74, 6) is -0.0661. The largest absolute Gasteiger partial charge is 0.356 e. The lowest BCUT2D eigenvalue weighted by atomic mass is 10.1. The number of nitrogens with one attached hydrogen (secondary N) is 2. The van der Waals surface area contributed by atoms with Crippen molar-refractivity contribution in [3.05, 3.63) is 90.1 Å². The highest BCUT2D eigenvalue weighted by Gasteiger charge is 2.20. The average molecular weight is 398 g/mol. The molecule has 152 valence electrons. The summed E-state index contributed by atoms with van der Waals surface area (Å²) >= 11 is 0. The molecule has 30 heavy (non-hydrogen) atoms. The van der Waals surface area contributed by atoms with E-state index in [1.807, 2.05) is 73.7 Å². The Morgan fingerprint density at radius 1 is 0.833 bits per heavy atom. The SMILES string of the molecule is CCCCn1c(C(=O)Nc2ccc(Nc3ccccc3)cc2)c(C)c2ccccc21. The summed E-state index contributed by atoms with van der Waals surface area (Å²) in [6, 6.07) is 26.1. The lowest BCUT2D eigenvalue weighted by Crippen LogP contribution is -2.18. The van der Waals surface area contributed by atoms with Crippen LogP contribution in [0.3, 0.4) is 0 Å². The van der Waals surface area contributed by atoms with Crippen molar-refractivity contribution in [3.63, 3.8) is 0 Å². The fourth-order valence-electron chi connectivity index (χ4n) is 3.83. The zero-order valence-electron chi connectivity index (χ0n) is 17.5. The molecule has 1 aromatic heterocycles. The Morgan fingerprint density at radius 3 is 2.20 bits per heavy atom. The summed E-state index contributed by atoms with van der Waals surface area (Å²) in [4.78, 5) is 13.2. The van der Waals surface area contributed by atoms with E-state index >= 15 is 0 Å². The first-order valence-electron chi connectivity index (χ1n) is 10.5. The van der Waals surface area contributed by atoms with Crippen molar-refractivity contribution in [1.29, 1.82) is 0 Å². The summed E-state index contributed by atoms with van der Waals surface area (Å²) in [6.45, 7) is 5.05. The Morgan fingerprint density at radius 2 is 1.47 bits per heavy atom. The first-order valence-corrected chi connectivity index (χ1v) is 10.5. The topological polar surface area (TPSA) is 46.1 Å². The Kier molecular flexibility index (Phi) is 5.84. The molecule has 0 saturated heterocycles. The van der Waals surface area contributed by atoms with E-state index in [-0.39, 0.29) is 5.91 Å². The van der Waals surface area contributed by atoms with Crippen molar-refractivity contribution >= 4 is 33.9 Å². The maximum absolute atomic E-state index is 13.2. The molecule has 4 nitrogen and oxygen atoms in total. The minimum Gasteiger partial charge on any atom is -0.356 e. The van der Waals surface area contributed by atoms with Crippen molar-refractivity contribution in [2.45, 2.75) is 33.2 Å². The molecule has 4 aromatic rings. The highest BCUT2D eigenvalue weighted by molar-refractivity contribution is 6.08. The van der Waals surface area contributed by atoms with Crippen molar-refractivity contribution in [2.75, 3.05) is 10.6 Å². The molecule has 0 atom stereocenters. The van der Waals surface area contributed by atoms with Gasteiger partial charge in [0.1, 0.15) is 5.69 Å². The van der Waals surface area contributed by atoms with Gasteiger partial charge in [0.2, 0.25) is 0 Å². The van der Waals surface area contributed by atoms with Crippen LogP contribution in [0.2, 0.25) is 0 Å². The molecule has 1 amide bonds. The first-order chi connectivity index (χ1) is 14.7. The lowest BCUT2D eigenvalue weighted by molar-refractivity contribution is 0.101. The Bertz CT molecular complexity index is 1140. The smallest absolute Gasteiger partial charge is 0.272 e. The summed E-state index contributed by atoms with van der Waals surface area (Å²) in [6.07, 6.45) is 2.13. The third-order valence-corrected chi connectivity index (χ3v) is 5.38. The van der Waals surface area contributed by atoms with Gasteiger partial charge in [-0.1, -0.05) is 49.7 Å². The van der Waals surface area contributed by atoms with Gasteiger partial charge in [0.05, 0.1) is 0 Å². The van der Waals surface area contributed by atoms with E-state index < -0.39 is 0 Å². The normalized spacial score (nSPS) is 10.9. The van der Waals surface area contributed by atoms with E-state index in [0.717, 1.165) is 58.6 Å². The molecule has 0 radical (unpaired) electrons. The molecule has 3 aromatic carbocycles. The van der Waals surface area contributed by atoms with Crippen LogP contribution in [0.4, 0.5) is 17.1 Å². The molecule has 0 spiro atoms. The summed E-state index contributed by atoms with van der Waals surface area (Å²) in [5.41, 5.74) is 5.69. The zero-order valence-corrected chi connectivity index (χ0v) is 17.5. The summed E-state index contributed by atoms with van der Waals surface area (Å²) in [7, 11) is 0. The molecular formula is C26H27N3O. The van der Waals surface area contributed by atoms with Gasteiger partial charge in [-0.25, -0.2) is 0 Å². The van der Waals surface area contributed by atoms with Gasteiger partial charge in [0.25, 0.3) is 5.91 Å². The standard InChI is InChI=1S/C26H27N3O/c1-3-4-18-29-24-13-9-8-12-23(24)19(2)25(29)26(30)28-22-16-14-21(15-17-22)27-20-10-6-5-7-11-20/h5-17,27H,3-4,18H2,1-2H3,(H,28,30). The number of unbranched alkanes of at least 4 members (excludes halogenated alkanes) is 1. The third-order valence-electron chi connectivity index (χ3n) is 5.38. The molecule has 4 rings (SSSR count). The summed E-state index contributed by atoms with van der Waals surface area (Å²) < 4.78 is 2.16. The van der Waals surface area contributed by atoms with Crippen LogP contribution in [0, 0.1) is 6.92 Å².